The predicted molar refractivity (Wildman–Crippen MR) is 126 cm³/mol. The van der Waals surface area contributed by atoms with Crippen LogP contribution in [0.1, 0.15) is 43.5 Å². The first-order valence-corrected chi connectivity index (χ1v) is 11.1. The lowest BCUT2D eigenvalue weighted by Crippen LogP contribution is -2.37. The van der Waals surface area contributed by atoms with E-state index in [-0.39, 0.29) is 11.0 Å². The number of amides is 1. The molecule has 0 aromatic heterocycles. The maximum atomic E-state index is 12.5. The number of halogens is 1. The van der Waals surface area contributed by atoms with Crippen molar-refractivity contribution in [2.75, 3.05) is 23.4 Å². The number of ether oxygens (including phenoxy) is 1. The molecule has 0 spiro atoms. The summed E-state index contributed by atoms with van der Waals surface area (Å²) in [7, 11) is 0. The molecular weight excluding hydrogens is 450 g/mol. The molecule has 7 heteroatoms. The van der Waals surface area contributed by atoms with E-state index in [1.165, 1.54) is 24.9 Å². The average molecular weight is 476 g/mol. The summed E-state index contributed by atoms with van der Waals surface area (Å²) in [5.74, 6) is 0.429. The van der Waals surface area contributed by atoms with Gasteiger partial charge in [-0.05, 0) is 104 Å². The minimum absolute atomic E-state index is 0.263. The summed E-state index contributed by atoms with van der Waals surface area (Å²) in [5, 5.41) is 6.06. The number of benzene rings is 2. The van der Waals surface area contributed by atoms with Gasteiger partial charge in [0, 0.05) is 29.5 Å². The first kappa shape index (κ1) is 21.6. The summed E-state index contributed by atoms with van der Waals surface area (Å²) in [6, 6.07) is 13.9. The molecule has 2 N–H and O–H groups in total. The molecule has 29 heavy (non-hydrogen) atoms. The van der Waals surface area contributed by atoms with Gasteiger partial charge in [0.2, 0.25) is 0 Å². The number of piperidine rings is 1. The van der Waals surface area contributed by atoms with Gasteiger partial charge in [-0.2, -0.15) is 0 Å². The second-order valence-electron chi connectivity index (χ2n) is 7.07. The van der Waals surface area contributed by atoms with Crippen LogP contribution in [0.5, 0.6) is 5.75 Å². The van der Waals surface area contributed by atoms with Gasteiger partial charge >= 0.3 is 0 Å². The van der Waals surface area contributed by atoms with Crippen LogP contribution < -0.4 is 20.3 Å². The number of rotatable bonds is 5. The molecule has 1 fully saturated rings. The van der Waals surface area contributed by atoms with Crippen LogP contribution in [0.2, 0.25) is 0 Å². The molecule has 154 valence electrons. The number of anilines is 2. The molecule has 3 rings (SSSR count). The van der Waals surface area contributed by atoms with Crippen LogP contribution in [0.15, 0.2) is 46.9 Å². The number of carbonyl (C=O) groups excluding carboxylic acids is 1. The fourth-order valence-electron chi connectivity index (χ4n) is 3.47. The smallest absolute Gasteiger partial charge is 0.257 e. The molecule has 0 aliphatic carbocycles. The maximum absolute atomic E-state index is 12.5. The minimum Gasteiger partial charge on any atom is -0.493 e. The van der Waals surface area contributed by atoms with Crippen molar-refractivity contribution in [1.82, 2.24) is 5.32 Å². The van der Waals surface area contributed by atoms with E-state index in [4.69, 9.17) is 17.0 Å². The third kappa shape index (κ3) is 5.70. The van der Waals surface area contributed by atoms with E-state index in [2.05, 4.69) is 50.5 Å². The second-order valence-corrected chi connectivity index (χ2v) is 8.33. The Hall–Kier alpha value is -2.12. The van der Waals surface area contributed by atoms with Gasteiger partial charge in [-0.3, -0.25) is 10.1 Å². The molecule has 0 saturated carbocycles. The van der Waals surface area contributed by atoms with Crippen LogP contribution in [0, 0.1) is 0 Å². The van der Waals surface area contributed by atoms with Crippen molar-refractivity contribution in [3.63, 3.8) is 0 Å². The fourth-order valence-corrected chi connectivity index (χ4v) is 4.17. The minimum atomic E-state index is -0.273. The summed E-state index contributed by atoms with van der Waals surface area (Å²) in [4.78, 5) is 14.9. The molecule has 1 atom stereocenters. The highest BCUT2D eigenvalue weighted by Gasteiger charge is 2.18. The summed E-state index contributed by atoms with van der Waals surface area (Å²) in [5.41, 5.74) is 2.56. The van der Waals surface area contributed by atoms with Crippen LogP contribution in [-0.2, 0) is 0 Å². The average Bonchev–Trinajstić information content (AvgIpc) is 2.70. The summed E-state index contributed by atoms with van der Waals surface area (Å²) in [6.45, 7) is 5.85. The van der Waals surface area contributed by atoms with E-state index < -0.39 is 0 Å². The van der Waals surface area contributed by atoms with E-state index in [9.17, 15) is 4.79 Å². The van der Waals surface area contributed by atoms with Gasteiger partial charge < -0.3 is 15.0 Å². The SMILES string of the molecule is CCOc1ccc(C(=O)NC(=S)Nc2ccc(N3CCCCC3C)cc2)cc1Br. The van der Waals surface area contributed by atoms with E-state index in [1.807, 2.05) is 19.1 Å². The Morgan fingerprint density at radius 2 is 2.00 bits per heavy atom. The summed E-state index contributed by atoms with van der Waals surface area (Å²) >= 11 is 8.72. The zero-order valence-electron chi connectivity index (χ0n) is 16.7. The Labute approximate surface area is 185 Å². The van der Waals surface area contributed by atoms with Crippen molar-refractivity contribution < 1.29 is 9.53 Å². The Bertz CT molecular complexity index is 873. The lowest BCUT2D eigenvalue weighted by atomic mass is 10.0. The highest BCUT2D eigenvalue weighted by atomic mass is 79.9. The molecule has 1 aliphatic rings. The number of nitrogens with one attached hydrogen (secondary N) is 2. The largest absolute Gasteiger partial charge is 0.493 e. The molecule has 5 nitrogen and oxygen atoms in total. The quantitative estimate of drug-likeness (QED) is 0.570. The standard InChI is InChI=1S/C22H26BrN3O2S/c1-3-28-20-12-7-16(14-19(20)23)21(27)25-22(29)24-17-8-10-18(11-9-17)26-13-5-4-6-15(26)2/h7-12,14-15H,3-6,13H2,1-2H3,(H2,24,25,27,29). The van der Waals surface area contributed by atoms with E-state index in [0.717, 1.165) is 16.7 Å². The Kier molecular flexibility index (Phi) is 7.50. The summed E-state index contributed by atoms with van der Waals surface area (Å²) < 4.78 is 6.20. The zero-order valence-corrected chi connectivity index (χ0v) is 19.1. The highest BCUT2D eigenvalue weighted by Crippen LogP contribution is 2.27. The predicted octanol–water partition coefficient (Wildman–Crippen LogP) is 5.35. The van der Waals surface area contributed by atoms with Crippen molar-refractivity contribution in [3.05, 3.63) is 52.5 Å². The normalized spacial score (nSPS) is 16.2. The van der Waals surface area contributed by atoms with Gasteiger partial charge in [0.1, 0.15) is 5.75 Å². The zero-order chi connectivity index (χ0) is 20.8. The monoisotopic (exact) mass is 475 g/mol. The molecule has 0 bridgehead atoms. The van der Waals surface area contributed by atoms with E-state index in [0.29, 0.717) is 24.0 Å². The lowest BCUT2D eigenvalue weighted by molar-refractivity contribution is 0.0977. The van der Waals surface area contributed by atoms with E-state index in [1.54, 1.807) is 18.2 Å². The van der Waals surface area contributed by atoms with Gasteiger partial charge in [0.15, 0.2) is 5.11 Å². The Balaban J connectivity index is 1.57. The molecule has 1 aliphatic heterocycles. The fraction of sp³-hybridized carbons (Fsp3) is 0.364. The Morgan fingerprint density at radius 1 is 1.24 bits per heavy atom. The maximum Gasteiger partial charge on any atom is 0.257 e. The topological polar surface area (TPSA) is 53.6 Å². The van der Waals surface area contributed by atoms with Gasteiger partial charge in [0.25, 0.3) is 5.91 Å². The second kappa shape index (κ2) is 10.1. The Morgan fingerprint density at radius 3 is 2.66 bits per heavy atom. The van der Waals surface area contributed by atoms with Crippen LogP contribution in [0.4, 0.5) is 11.4 Å². The molecular formula is C22H26BrN3O2S. The van der Waals surface area contributed by atoms with Crippen LogP contribution in [0.3, 0.4) is 0 Å². The third-order valence-electron chi connectivity index (χ3n) is 4.98. The first-order valence-electron chi connectivity index (χ1n) is 9.89. The van der Waals surface area contributed by atoms with Crippen LogP contribution >= 0.6 is 28.1 Å². The van der Waals surface area contributed by atoms with Gasteiger partial charge in [-0.25, -0.2) is 0 Å². The molecule has 1 unspecified atom stereocenters. The van der Waals surface area contributed by atoms with E-state index >= 15 is 0 Å². The molecule has 2 aromatic rings. The number of nitrogens with zero attached hydrogens (tertiary/aromatic N) is 1. The number of hydrogen-bond donors (Lipinski definition) is 2. The van der Waals surface area contributed by atoms with Crippen LogP contribution in [0.25, 0.3) is 0 Å². The van der Waals surface area contributed by atoms with Crippen molar-refractivity contribution in [2.24, 2.45) is 0 Å². The number of thiocarbonyl (C=S) groups is 1. The summed E-state index contributed by atoms with van der Waals surface area (Å²) in [6.07, 6.45) is 3.77. The van der Waals surface area contributed by atoms with Gasteiger partial charge in [-0.1, -0.05) is 0 Å². The molecule has 2 aromatic carbocycles. The van der Waals surface area contributed by atoms with Crippen LogP contribution in [-0.4, -0.2) is 30.2 Å². The highest BCUT2D eigenvalue weighted by molar-refractivity contribution is 9.10. The molecule has 1 heterocycles. The number of carbonyl (C=O) groups is 1. The molecule has 1 amide bonds. The lowest BCUT2D eigenvalue weighted by Gasteiger charge is -2.35. The van der Waals surface area contributed by atoms with Gasteiger partial charge in [0.05, 0.1) is 11.1 Å². The molecule has 0 radical (unpaired) electrons. The van der Waals surface area contributed by atoms with Crippen molar-refractivity contribution in [2.45, 2.75) is 39.2 Å². The first-order chi connectivity index (χ1) is 14.0. The van der Waals surface area contributed by atoms with Crippen molar-refractivity contribution in [3.8, 4) is 5.75 Å². The van der Waals surface area contributed by atoms with Crippen molar-refractivity contribution >= 4 is 50.5 Å². The third-order valence-corrected chi connectivity index (χ3v) is 5.80. The van der Waals surface area contributed by atoms with Crippen molar-refractivity contribution in [1.29, 1.82) is 0 Å². The number of hydrogen-bond acceptors (Lipinski definition) is 4. The molecule has 1 saturated heterocycles. The van der Waals surface area contributed by atoms with Gasteiger partial charge in [-0.15, -0.1) is 0 Å².